The van der Waals surface area contributed by atoms with Crippen molar-refractivity contribution in [2.45, 2.75) is 39.7 Å². The second-order valence-corrected chi connectivity index (χ2v) is 4.86. The summed E-state index contributed by atoms with van der Waals surface area (Å²) in [4.78, 5) is 7.95. The SMILES string of the molecule is CCCC(N)c1nc(-c2ccc(C)cc2)c(C)[nH]1. The molecular weight excluding hydrogens is 222 g/mol. The molecule has 0 aliphatic heterocycles. The van der Waals surface area contributed by atoms with Crippen molar-refractivity contribution in [2.75, 3.05) is 0 Å². The first-order chi connectivity index (χ1) is 8.61. The fourth-order valence-corrected chi connectivity index (χ4v) is 2.10. The van der Waals surface area contributed by atoms with Crippen LogP contribution in [0.5, 0.6) is 0 Å². The first-order valence-electron chi connectivity index (χ1n) is 6.51. The Bertz CT molecular complexity index is 511. The fourth-order valence-electron chi connectivity index (χ4n) is 2.10. The van der Waals surface area contributed by atoms with Crippen molar-refractivity contribution in [3.05, 3.63) is 41.3 Å². The summed E-state index contributed by atoms with van der Waals surface area (Å²) in [5.74, 6) is 0.893. The van der Waals surface area contributed by atoms with Crippen LogP contribution in [0.4, 0.5) is 0 Å². The van der Waals surface area contributed by atoms with Gasteiger partial charge < -0.3 is 10.7 Å². The average molecular weight is 243 g/mol. The smallest absolute Gasteiger partial charge is 0.123 e. The lowest BCUT2D eigenvalue weighted by atomic mass is 10.1. The Morgan fingerprint density at radius 2 is 1.89 bits per heavy atom. The normalized spacial score (nSPS) is 12.7. The lowest BCUT2D eigenvalue weighted by Gasteiger charge is -2.05. The molecule has 0 bridgehead atoms. The van der Waals surface area contributed by atoms with E-state index in [9.17, 15) is 0 Å². The third-order valence-electron chi connectivity index (χ3n) is 3.18. The number of aromatic amines is 1. The monoisotopic (exact) mass is 243 g/mol. The molecule has 0 spiro atoms. The number of imidazole rings is 1. The lowest BCUT2D eigenvalue weighted by Crippen LogP contribution is -2.11. The number of H-pyrrole nitrogens is 1. The van der Waals surface area contributed by atoms with Crippen LogP contribution < -0.4 is 5.73 Å². The van der Waals surface area contributed by atoms with Crippen molar-refractivity contribution in [3.63, 3.8) is 0 Å². The van der Waals surface area contributed by atoms with E-state index in [-0.39, 0.29) is 6.04 Å². The van der Waals surface area contributed by atoms with E-state index in [1.165, 1.54) is 5.56 Å². The van der Waals surface area contributed by atoms with Crippen molar-refractivity contribution >= 4 is 0 Å². The molecule has 0 saturated carbocycles. The zero-order valence-electron chi connectivity index (χ0n) is 11.3. The van der Waals surface area contributed by atoms with E-state index in [0.29, 0.717) is 0 Å². The van der Waals surface area contributed by atoms with Crippen LogP contribution in [-0.2, 0) is 0 Å². The molecule has 1 aromatic carbocycles. The van der Waals surface area contributed by atoms with Crippen LogP contribution in [0, 0.1) is 13.8 Å². The number of nitrogens with two attached hydrogens (primary N) is 1. The molecule has 1 atom stereocenters. The van der Waals surface area contributed by atoms with Gasteiger partial charge in [0.15, 0.2) is 0 Å². The van der Waals surface area contributed by atoms with Crippen LogP contribution in [-0.4, -0.2) is 9.97 Å². The standard InChI is InChI=1S/C15H21N3/c1-4-5-13(16)15-17-11(3)14(18-15)12-8-6-10(2)7-9-12/h6-9,13H,4-5,16H2,1-3H3,(H,17,18). The van der Waals surface area contributed by atoms with Gasteiger partial charge in [-0.3, -0.25) is 0 Å². The molecule has 2 rings (SSSR count). The third-order valence-corrected chi connectivity index (χ3v) is 3.18. The highest BCUT2D eigenvalue weighted by molar-refractivity contribution is 5.62. The molecule has 2 aromatic rings. The molecule has 1 heterocycles. The Labute approximate surface area is 108 Å². The Balaban J connectivity index is 2.31. The summed E-state index contributed by atoms with van der Waals surface area (Å²) in [5, 5.41) is 0. The number of nitrogens with zero attached hydrogens (tertiary/aromatic N) is 1. The van der Waals surface area contributed by atoms with E-state index in [2.05, 4.69) is 48.1 Å². The molecule has 0 radical (unpaired) electrons. The Kier molecular flexibility index (Phi) is 3.82. The van der Waals surface area contributed by atoms with Gasteiger partial charge in [-0.1, -0.05) is 43.2 Å². The van der Waals surface area contributed by atoms with Crippen LogP contribution >= 0.6 is 0 Å². The van der Waals surface area contributed by atoms with Crippen molar-refractivity contribution in [3.8, 4) is 11.3 Å². The van der Waals surface area contributed by atoms with Crippen molar-refractivity contribution in [1.29, 1.82) is 0 Å². The molecule has 0 aliphatic carbocycles. The summed E-state index contributed by atoms with van der Waals surface area (Å²) >= 11 is 0. The van der Waals surface area contributed by atoms with Crippen LogP contribution in [0.1, 0.15) is 42.9 Å². The largest absolute Gasteiger partial charge is 0.344 e. The number of rotatable bonds is 4. The zero-order valence-corrected chi connectivity index (χ0v) is 11.3. The summed E-state index contributed by atoms with van der Waals surface area (Å²) in [6.07, 6.45) is 2.03. The second-order valence-electron chi connectivity index (χ2n) is 4.86. The van der Waals surface area contributed by atoms with Gasteiger partial charge in [0.1, 0.15) is 5.82 Å². The number of nitrogens with one attached hydrogen (secondary N) is 1. The van der Waals surface area contributed by atoms with Crippen LogP contribution in [0.25, 0.3) is 11.3 Å². The third kappa shape index (κ3) is 2.62. The Morgan fingerprint density at radius 3 is 2.50 bits per heavy atom. The maximum Gasteiger partial charge on any atom is 0.123 e. The van der Waals surface area contributed by atoms with E-state index in [1.807, 2.05) is 6.92 Å². The molecule has 0 aliphatic rings. The van der Waals surface area contributed by atoms with E-state index >= 15 is 0 Å². The summed E-state index contributed by atoms with van der Waals surface area (Å²) < 4.78 is 0. The number of aromatic nitrogens is 2. The van der Waals surface area contributed by atoms with Crippen LogP contribution in [0.3, 0.4) is 0 Å². The molecule has 0 saturated heterocycles. The lowest BCUT2D eigenvalue weighted by molar-refractivity contribution is 0.608. The summed E-state index contributed by atoms with van der Waals surface area (Å²) in [7, 11) is 0. The molecule has 1 aromatic heterocycles. The van der Waals surface area contributed by atoms with Gasteiger partial charge in [0.25, 0.3) is 0 Å². The number of hydrogen-bond donors (Lipinski definition) is 2. The first kappa shape index (κ1) is 12.8. The number of hydrogen-bond acceptors (Lipinski definition) is 2. The Morgan fingerprint density at radius 1 is 1.22 bits per heavy atom. The molecule has 3 nitrogen and oxygen atoms in total. The van der Waals surface area contributed by atoms with Crippen LogP contribution in [0.2, 0.25) is 0 Å². The van der Waals surface area contributed by atoms with Gasteiger partial charge in [-0.2, -0.15) is 0 Å². The molecule has 3 N–H and O–H groups in total. The van der Waals surface area contributed by atoms with Crippen LogP contribution in [0.15, 0.2) is 24.3 Å². The highest BCUT2D eigenvalue weighted by Gasteiger charge is 2.13. The van der Waals surface area contributed by atoms with Gasteiger partial charge >= 0.3 is 0 Å². The summed E-state index contributed by atoms with van der Waals surface area (Å²) in [6, 6.07) is 8.43. The molecule has 18 heavy (non-hydrogen) atoms. The first-order valence-corrected chi connectivity index (χ1v) is 6.51. The van der Waals surface area contributed by atoms with Crippen molar-refractivity contribution < 1.29 is 0 Å². The zero-order chi connectivity index (χ0) is 13.1. The molecule has 3 heteroatoms. The van der Waals surface area contributed by atoms with Gasteiger partial charge in [0.2, 0.25) is 0 Å². The summed E-state index contributed by atoms with van der Waals surface area (Å²) in [6.45, 7) is 6.27. The maximum atomic E-state index is 6.10. The molecular formula is C15H21N3. The van der Waals surface area contributed by atoms with Gasteiger partial charge in [0.05, 0.1) is 11.7 Å². The average Bonchev–Trinajstić information content (AvgIpc) is 2.73. The predicted octanol–water partition coefficient (Wildman–Crippen LogP) is 3.49. The van der Waals surface area contributed by atoms with E-state index < -0.39 is 0 Å². The van der Waals surface area contributed by atoms with Gasteiger partial charge in [0, 0.05) is 11.3 Å². The second kappa shape index (κ2) is 5.36. The van der Waals surface area contributed by atoms with Crippen molar-refractivity contribution in [1.82, 2.24) is 9.97 Å². The predicted molar refractivity (Wildman–Crippen MR) is 75.3 cm³/mol. The highest BCUT2D eigenvalue weighted by atomic mass is 15.0. The number of aryl methyl sites for hydroxylation is 2. The quantitative estimate of drug-likeness (QED) is 0.863. The summed E-state index contributed by atoms with van der Waals surface area (Å²) in [5.41, 5.74) is 10.6. The minimum Gasteiger partial charge on any atom is -0.344 e. The van der Waals surface area contributed by atoms with E-state index in [1.54, 1.807) is 0 Å². The highest BCUT2D eigenvalue weighted by Crippen LogP contribution is 2.24. The molecule has 1 unspecified atom stereocenters. The Hall–Kier alpha value is -1.61. The van der Waals surface area contributed by atoms with E-state index in [4.69, 9.17) is 5.73 Å². The minimum atomic E-state index is 0.00731. The molecule has 0 amide bonds. The van der Waals surface area contributed by atoms with Crippen molar-refractivity contribution in [2.24, 2.45) is 5.73 Å². The minimum absolute atomic E-state index is 0.00731. The topological polar surface area (TPSA) is 54.7 Å². The molecule has 0 fully saturated rings. The van der Waals surface area contributed by atoms with Gasteiger partial charge in [-0.05, 0) is 20.3 Å². The number of benzene rings is 1. The fraction of sp³-hybridized carbons (Fsp3) is 0.400. The maximum absolute atomic E-state index is 6.10. The van der Waals surface area contributed by atoms with E-state index in [0.717, 1.165) is 35.6 Å². The van der Waals surface area contributed by atoms with Gasteiger partial charge in [-0.15, -0.1) is 0 Å². The molecule has 96 valence electrons. The van der Waals surface area contributed by atoms with Gasteiger partial charge in [-0.25, -0.2) is 4.98 Å².